The van der Waals surface area contributed by atoms with E-state index >= 15 is 0 Å². The minimum absolute atomic E-state index is 0.257. The van der Waals surface area contributed by atoms with Crippen LogP contribution in [0.5, 0.6) is 11.5 Å². The molecule has 2 heteroatoms. The van der Waals surface area contributed by atoms with Gasteiger partial charge in [0.2, 0.25) is 0 Å². The molecule has 0 unspecified atom stereocenters. The zero-order valence-corrected chi connectivity index (χ0v) is 11.7. The van der Waals surface area contributed by atoms with Gasteiger partial charge >= 0.3 is 0 Å². The van der Waals surface area contributed by atoms with E-state index in [0.29, 0.717) is 5.75 Å². The van der Waals surface area contributed by atoms with E-state index in [4.69, 9.17) is 4.74 Å². The first-order valence-corrected chi connectivity index (χ1v) is 6.82. The van der Waals surface area contributed by atoms with Crippen molar-refractivity contribution in [3.8, 4) is 22.6 Å². The summed E-state index contributed by atoms with van der Waals surface area (Å²) in [7, 11) is 0. The van der Waals surface area contributed by atoms with Crippen molar-refractivity contribution in [1.29, 1.82) is 0 Å². The van der Waals surface area contributed by atoms with Crippen molar-refractivity contribution in [2.24, 2.45) is 0 Å². The molecule has 3 rings (SSSR count). The molecule has 0 aliphatic rings. The molecule has 0 aliphatic carbocycles. The highest BCUT2D eigenvalue weighted by molar-refractivity contribution is 5.71. The lowest BCUT2D eigenvalue weighted by Gasteiger charge is -2.12. The SMILES string of the molecule is Cc1ccc(-c2cccc(F)c2Oc2ccccc2)cc1. The molecular formula is C19H15FO. The largest absolute Gasteiger partial charge is 0.454 e. The van der Waals surface area contributed by atoms with Crippen molar-refractivity contribution in [1.82, 2.24) is 0 Å². The summed E-state index contributed by atoms with van der Waals surface area (Å²) in [5.74, 6) is 0.514. The van der Waals surface area contributed by atoms with Crippen LogP contribution in [-0.4, -0.2) is 0 Å². The van der Waals surface area contributed by atoms with E-state index in [1.165, 1.54) is 11.6 Å². The fourth-order valence-electron chi connectivity index (χ4n) is 2.18. The summed E-state index contributed by atoms with van der Waals surface area (Å²) in [4.78, 5) is 0. The molecule has 3 aromatic rings. The van der Waals surface area contributed by atoms with Crippen LogP contribution in [0.25, 0.3) is 11.1 Å². The van der Waals surface area contributed by atoms with Crippen LogP contribution in [0, 0.1) is 12.7 Å². The fourth-order valence-corrected chi connectivity index (χ4v) is 2.18. The van der Waals surface area contributed by atoms with Crippen LogP contribution in [0.3, 0.4) is 0 Å². The quantitative estimate of drug-likeness (QED) is 0.606. The minimum atomic E-state index is -0.364. The zero-order chi connectivity index (χ0) is 14.7. The van der Waals surface area contributed by atoms with Gasteiger partial charge in [0.25, 0.3) is 0 Å². The Hall–Kier alpha value is -2.61. The van der Waals surface area contributed by atoms with Crippen molar-refractivity contribution in [2.45, 2.75) is 6.92 Å². The Balaban J connectivity index is 2.05. The summed E-state index contributed by atoms with van der Waals surface area (Å²) in [5.41, 5.74) is 2.85. The lowest BCUT2D eigenvalue weighted by Crippen LogP contribution is -1.92. The van der Waals surface area contributed by atoms with Crippen LogP contribution in [0.2, 0.25) is 0 Å². The Bertz CT molecular complexity index is 733. The van der Waals surface area contributed by atoms with E-state index in [9.17, 15) is 4.39 Å². The predicted octanol–water partition coefficient (Wildman–Crippen LogP) is 5.59. The predicted molar refractivity (Wildman–Crippen MR) is 83.1 cm³/mol. The van der Waals surface area contributed by atoms with E-state index in [1.807, 2.05) is 67.6 Å². The molecule has 0 saturated carbocycles. The van der Waals surface area contributed by atoms with Crippen molar-refractivity contribution in [2.75, 3.05) is 0 Å². The van der Waals surface area contributed by atoms with E-state index in [2.05, 4.69) is 0 Å². The van der Waals surface area contributed by atoms with E-state index < -0.39 is 0 Å². The molecule has 0 aliphatic heterocycles. The molecular weight excluding hydrogens is 263 g/mol. The molecule has 0 saturated heterocycles. The van der Waals surface area contributed by atoms with Gasteiger partial charge in [0.1, 0.15) is 5.75 Å². The molecule has 0 spiro atoms. The summed E-state index contributed by atoms with van der Waals surface area (Å²) in [6.45, 7) is 2.02. The Morgan fingerprint density at radius 1 is 0.762 bits per heavy atom. The Morgan fingerprint density at radius 3 is 2.19 bits per heavy atom. The van der Waals surface area contributed by atoms with Gasteiger partial charge in [0, 0.05) is 5.56 Å². The number of aryl methyl sites for hydroxylation is 1. The van der Waals surface area contributed by atoms with Crippen LogP contribution in [0.1, 0.15) is 5.56 Å². The van der Waals surface area contributed by atoms with Gasteiger partial charge < -0.3 is 4.74 Å². The number of ether oxygens (including phenoxy) is 1. The molecule has 0 aromatic heterocycles. The maximum absolute atomic E-state index is 14.2. The first-order valence-electron chi connectivity index (χ1n) is 6.82. The Morgan fingerprint density at radius 2 is 1.48 bits per heavy atom. The molecule has 1 nitrogen and oxygen atoms in total. The molecule has 0 heterocycles. The van der Waals surface area contributed by atoms with Gasteiger partial charge in [-0.1, -0.05) is 60.2 Å². The minimum Gasteiger partial charge on any atom is -0.454 e. The summed E-state index contributed by atoms with van der Waals surface area (Å²) >= 11 is 0. The number of hydrogen-bond acceptors (Lipinski definition) is 1. The van der Waals surface area contributed by atoms with Gasteiger partial charge in [-0.15, -0.1) is 0 Å². The number of halogens is 1. The Labute approximate surface area is 123 Å². The van der Waals surface area contributed by atoms with Crippen LogP contribution < -0.4 is 4.74 Å². The number of hydrogen-bond donors (Lipinski definition) is 0. The lowest BCUT2D eigenvalue weighted by atomic mass is 10.0. The molecule has 104 valence electrons. The molecule has 0 N–H and O–H groups in total. The third-order valence-corrected chi connectivity index (χ3v) is 3.29. The monoisotopic (exact) mass is 278 g/mol. The van der Waals surface area contributed by atoms with Gasteiger partial charge in [0.15, 0.2) is 11.6 Å². The van der Waals surface area contributed by atoms with Crippen LogP contribution in [-0.2, 0) is 0 Å². The van der Waals surface area contributed by atoms with Gasteiger partial charge in [-0.3, -0.25) is 0 Å². The highest BCUT2D eigenvalue weighted by atomic mass is 19.1. The number of rotatable bonds is 3. The van der Waals surface area contributed by atoms with Crippen LogP contribution in [0.15, 0.2) is 72.8 Å². The third kappa shape index (κ3) is 2.95. The van der Waals surface area contributed by atoms with Gasteiger partial charge in [0.05, 0.1) is 0 Å². The van der Waals surface area contributed by atoms with E-state index in [-0.39, 0.29) is 11.6 Å². The second-order valence-corrected chi connectivity index (χ2v) is 4.90. The zero-order valence-electron chi connectivity index (χ0n) is 11.7. The summed E-state index contributed by atoms with van der Waals surface area (Å²) in [5, 5.41) is 0. The topological polar surface area (TPSA) is 9.23 Å². The van der Waals surface area contributed by atoms with E-state index in [1.54, 1.807) is 6.07 Å². The second kappa shape index (κ2) is 5.80. The van der Waals surface area contributed by atoms with Gasteiger partial charge in [-0.25, -0.2) is 4.39 Å². The normalized spacial score (nSPS) is 10.4. The number of benzene rings is 3. The molecule has 0 radical (unpaired) electrons. The highest BCUT2D eigenvalue weighted by Crippen LogP contribution is 2.35. The summed E-state index contributed by atoms with van der Waals surface area (Å²) < 4.78 is 19.9. The summed E-state index contributed by atoms with van der Waals surface area (Å²) in [6, 6.07) is 22.2. The third-order valence-electron chi connectivity index (χ3n) is 3.29. The first-order chi connectivity index (χ1) is 10.2. The molecule has 0 amide bonds. The van der Waals surface area contributed by atoms with Crippen molar-refractivity contribution in [3.05, 3.63) is 84.2 Å². The molecule has 0 atom stereocenters. The van der Waals surface area contributed by atoms with Crippen molar-refractivity contribution in [3.63, 3.8) is 0 Å². The van der Waals surface area contributed by atoms with Gasteiger partial charge in [-0.05, 0) is 30.7 Å². The Kier molecular flexibility index (Phi) is 3.69. The van der Waals surface area contributed by atoms with Crippen molar-refractivity contribution >= 4 is 0 Å². The molecule has 0 bridgehead atoms. The molecule has 0 fully saturated rings. The summed E-state index contributed by atoms with van der Waals surface area (Å²) in [6.07, 6.45) is 0. The number of para-hydroxylation sites is 2. The maximum atomic E-state index is 14.2. The standard InChI is InChI=1S/C19H15FO/c1-14-10-12-15(13-11-14)17-8-5-9-18(20)19(17)21-16-6-3-2-4-7-16/h2-13H,1H3. The van der Waals surface area contributed by atoms with Gasteiger partial charge in [-0.2, -0.15) is 0 Å². The van der Waals surface area contributed by atoms with Crippen LogP contribution in [0.4, 0.5) is 4.39 Å². The maximum Gasteiger partial charge on any atom is 0.170 e. The smallest absolute Gasteiger partial charge is 0.170 e. The highest BCUT2D eigenvalue weighted by Gasteiger charge is 2.12. The second-order valence-electron chi connectivity index (χ2n) is 4.90. The van der Waals surface area contributed by atoms with Crippen LogP contribution >= 0.6 is 0 Å². The lowest BCUT2D eigenvalue weighted by molar-refractivity contribution is 0.444. The average Bonchev–Trinajstić information content (AvgIpc) is 2.51. The molecule has 21 heavy (non-hydrogen) atoms. The molecule has 3 aromatic carbocycles. The van der Waals surface area contributed by atoms with E-state index in [0.717, 1.165) is 11.1 Å². The van der Waals surface area contributed by atoms with Crippen molar-refractivity contribution < 1.29 is 9.13 Å². The first kappa shape index (κ1) is 13.4. The fraction of sp³-hybridized carbons (Fsp3) is 0.0526. The average molecular weight is 278 g/mol.